The van der Waals surface area contributed by atoms with Crippen LogP contribution < -0.4 is 14.2 Å². The van der Waals surface area contributed by atoms with Gasteiger partial charge in [-0.15, -0.1) is 0 Å². The summed E-state index contributed by atoms with van der Waals surface area (Å²) in [6.45, 7) is 8.19. The minimum Gasteiger partial charge on any atom is -0.493 e. The van der Waals surface area contributed by atoms with Crippen LogP contribution in [0.3, 0.4) is 0 Å². The van der Waals surface area contributed by atoms with Crippen LogP contribution >= 0.6 is 0 Å². The van der Waals surface area contributed by atoms with Crippen molar-refractivity contribution in [1.29, 1.82) is 0 Å². The van der Waals surface area contributed by atoms with Gasteiger partial charge in [0.05, 0.1) is 14.2 Å². The Balaban J connectivity index is 2.54. The van der Waals surface area contributed by atoms with Gasteiger partial charge in [-0.3, -0.25) is 0 Å². The zero-order valence-electron chi connectivity index (χ0n) is 13.5. The first-order valence-corrected chi connectivity index (χ1v) is 6.95. The molecule has 112 valence electrons. The number of aryl methyl sites for hydroxylation is 4. The molecular weight excluding hydrogens is 264 g/mol. The molecule has 2 aromatic rings. The fourth-order valence-corrected chi connectivity index (χ4v) is 2.55. The van der Waals surface area contributed by atoms with Crippen LogP contribution in [0.1, 0.15) is 22.3 Å². The Bertz CT molecular complexity index is 637. The molecule has 0 amide bonds. The summed E-state index contributed by atoms with van der Waals surface area (Å²) in [5.74, 6) is 2.86. The van der Waals surface area contributed by atoms with Crippen LogP contribution in [0.2, 0.25) is 0 Å². The summed E-state index contributed by atoms with van der Waals surface area (Å²) in [6.07, 6.45) is 0. The quantitative estimate of drug-likeness (QED) is 0.813. The average molecular weight is 286 g/mol. The van der Waals surface area contributed by atoms with Crippen LogP contribution in [0.5, 0.6) is 23.0 Å². The van der Waals surface area contributed by atoms with Gasteiger partial charge < -0.3 is 14.2 Å². The summed E-state index contributed by atoms with van der Waals surface area (Å²) in [4.78, 5) is 0. The van der Waals surface area contributed by atoms with E-state index in [2.05, 4.69) is 32.9 Å². The van der Waals surface area contributed by atoms with Crippen molar-refractivity contribution in [3.63, 3.8) is 0 Å². The third-order valence-corrected chi connectivity index (χ3v) is 3.51. The average Bonchev–Trinajstić information content (AvgIpc) is 2.43. The van der Waals surface area contributed by atoms with E-state index in [1.54, 1.807) is 14.2 Å². The van der Waals surface area contributed by atoms with Gasteiger partial charge in [-0.05, 0) is 50.5 Å². The Morgan fingerprint density at radius 1 is 0.667 bits per heavy atom. The molecular formula is C18H22O3. The standard InChI is InChI=1S/C18H22O3/c1-11-9-13(3)16(14(4)10-11)21-17-12(2)7-8-15(19-5)18(17)20-6/h7-10H,1-6H3. The Morgan fingerprint density at radius 2 is 1.29 bits per heavy atom. The van der Waals surface area contributed by atoms with Crippen LogP contribution in [0, 0.1) is 27.7 Å². The number of benzene rings is 2. The molecule has 0 bridgehead atoms. The molecule has 0 aromatic heterocycles. The van der Waals surface area contributed by atoms with Crippen LogP contribution in [-0.2, 0) is 0 Å². The van der Waals surface area contributed by atoms with Crippen LogP contribution in [0.4, 0.5) is 0 Å². The number of hydrogen-bond acceptors (Lipinski definition) is 3. The molecule has 0 N–H and O–H groups in total. The smallest absolute Gasteiger partial charge is 0.204 e. The van der Waals surface area contributed by atoms with Crippen molar-refractivity contribution in [3.8, 4) is 23.0 Å². The second-order valence-corrected chi connectivity index (χ2v) is 5.28. The third-order valence-electron chi connectivity index (χ3n) is 3.51. The highest BCUT2D eigenvalue weighted by molar-refractivity contribution is 5.58. The third kappa shape index (κ3) is 2.97. The van der Waals surface area contributed by atoms with E-state index in [1.807, 2.05) is 19.1 Å². The predicted octanol–water partition coefficient (Wildman–Crippen LogP) is 4.73. The lowest BCUT2D eigenvalue weighted by atomic mass is 10.1. The highest BCUT2D eigenvalue weighted by Crippen LogP contribution is 2.43. The van der Waals surface area contributed by atoms with Gasteiger partial charge in [-0.25, -0.2) is 0 Å². The number of hydrogen-bond donors (Lipinski definition) is 0. The van der Waals surface area contributed by atoms with E-state index in [0.29, 0.717) is 17.2 Å². The molecule has 0 saturated carbocycles. The van der Waals surface area contributed by atoms with Gasteiger partial charge in [-0.1, -0.05) is 23.8 Å². The molecule has 0 spiro atoms. The van der Waals surface area contributed by atoms with E-state index in [1.165, 1.54) is 5.56 Å². The van der Waals surface area contributed by atoms with Gasteiger partial charge in [0.2, 0.25) is 5.75 Å². The van der Waals surface area contributed by atoms with Gasteiger partial charge in [0.15, 0.2) is 11.5 Å². The molecule has 2 aromatic carbocycles. The lowest BCUT2D eigenvalue weighted by Crippen LogP contribution is -1.99. The maximum atomic E-state index is 6.19. The Kier molecular flexibility index (Phi) is 4.41. The minimum atomic E-state index is 0.622. The molecule has 0 aliphatic rings. The molecule has 0 aliphatic heterocycles. The number of rotatable bonds is 4. The van der Waals surface area contributed by atoms with Gasteiger partial charge in [-0.2, -0.15) is 0 Å². The fraction of sp³-hybridized carbons (Fsp3) is 0.333. The van der Waals surface area contributed by atoms with E-state index < -0.39 is 0 Å². The summed E-state index contributed by atoms with van der Waals surface area (Å²) >= 11 is 0. The first-order chi connectivity index (χ1) is 9.97. The van der Waals surface area contributed by atoms with Crippen molar-refractivity contribution in [2.45, 2.75) is 27.7 Å². The zero-order valence-corrected chi connectivity index (χ0v) is 13.5. The molecule has 0 heterocycles. The fourth-order valence-electron chi connectivity index (χ4n) is 2.55. The van der Waals surface area contributed by atoms with E-state index in [9.17, 15) is 0 Å². The molecule has 0 unspecified atom stereocenters. The molecule has 0 radical (unpaired) electrons. The highest BCUT2D eigenvalue weighted by Gasteiger charge is 2.17. The summed E-state index contributed by atoms with van der Waals surface area (Å²) in [5.41, 5.74) is 4.45. The summed E-state index contributed by atoms with van der Waals surface area (Å²) in [6, 6.07) is 8.08. The van der Waals surface area contributed by atoms with Crippen molar-refractivity contribution in [2.75, 3.05) is 14.2 Å². The molecule has 21 heavy (non-hydrogen) atoms. The highest BCUT2D eigenvalue weighted by atomic mass is 16.5. The summed E-state index contributed by atoms with van der Waals surface area (Å²) < 4.78 is 17.0. The molecule has 2 rings (SSSR count). The molecule has 3 nitrogen and oxygen atoms in total. The monoisotopic (exact) mass is 286 g/mol. The molecule has 3 heteroatoms. The lowest BCUT2D eigenvalue weighted by Gasteiger charge is -2.18. The van der Waals surface area contributed by atoms with E-state index >= 15 is 0 Å². The topological polar surface area (TPSA) is 27.7 Å². The second kappa shape index (κ2) is 6.08. The van der Waals surface area contributed by atoms with Gasteiger partial charge in [0, 0.05) is 0 Å². The predicted molar refractivity (Wildman–Crippen MR) is 85.0 cm³/mol. The summed E-state index contributed by atoms with van der Waals surface area (Å²) in [5, 5.41) is 0. The zero-order chi connectivity index (χ0) is 15.6. The van der Waals surface area contributed by atoms with Crippen LogP contribution in [0.15, 0.2) is 24.3 Å². The normalized spacial score (nSPS) is 10.4. The van der Waals surface area contributed by atoms with Crippen molar-refractivity contribution in [2.24, 2.45) is 0 Å². The minimum absolute atomic E-state index is 0.622. The Hall–Kier alpha value is -2.16. The SMILES string of the molecule is COc1ccc(C)c(Oc2c(C)cc(C)cc2C)c1OC. The van der Waals surface area contributed by atoms with Gasteiger partial charge in [0.25, 0.3) is 0 Å². The van der Waals surface area contributed by atoms with Crippen LogP contribution in [-0.4, -0.2) is 14.2 Å². The van der Waals surface area contributed by atoms with E-state index in [4.69, 9.17) is 14.2 Å². The van der Waals surface area contributed by atoms with Gasteiger partial charge in [0.1, 0.15) is 5.75 Å². The van der Waals surface area contributed by atoms with Crippen molar-refractivity contribution in [1.82, 2.24) is 0 Å². The van der Waals surface area contributed by atoms with Crippen molar-refractivity contribution < 1.29 is 14.2 Å². The molecule has 0 aliphatic carbocycles. The van der Waals surface area contributed by atoms with Crippen LogP contribution in [0.25, 0.3) is 0 Å². The Morgan fingerprint density at radius 3 is 1.81 bits per heavy atom. The molecule has 0 fully saturated rings. The number of ether oxygens (including phenoxy) is 3. The molecule has 0 atom stereocenters. The Labute approximate surface area is 126 Å². The van der Waals surface area contributed by atoms with Gasteiger partial charge >= 0.3 is 0 Å². The largest absolute Gasteiger partial charge is 0.493 e. The number of methoxy groups -OCH3 is 2. The maximum absolute atomic E-state index is 6.19. The van der Waals surface area contributed by atoms with Crippen molar-refractivity contribution in [3.05, 3.63) is 46.5 Å². The summed E-state index contributed by atoms with van der Waals surface area (Å²) in [7, 11) is 3.25. The lowest BCUT2D eigenvalue weighted by molar-refractivity contribution is 0.334. The maximum Gasteiger partial charge on any atom is 0.204 e. The van der Waals surface area contributed by atoms with Crippen molar-refractivity contribution >= 4 is 0 Å². The first kappa shape index (κ1) is 15.2. The van der Waals surface area contributed by atoms with E-state index in [0.717, 1.165) is 22.4 Å². The van der Waals surface area contributed by atoms with E-state index in [-0.39, 0.29) is 0 Å². The second-order valence-electron chi connectivity index (χ2n) is 5.28. The molecule has 0 saturated heterocycles. The first-order valence-electron chi connectivity index (χ1n) is 6.95.